The van der Waals surface area contributed by atoms with Gasteiger partial charge in [-0.05, 0) is 57.9 Å². The highest BCUT2D eigenvalue weighted by Gasteiger charge is 2.05. The predicted octanol–water partition coefficient (Wildman–Crippen LogP) is 5.12. The van der Waals surface area contributed by atoms with E-state index in [1.54, 1.807) is 0 Å². The molecule has 1 amide bonds. The van der Waals surface area contributed by atoms with Crippen LogP contribution in [0.4, 0.5) is 11.4 Å². The first-order valence-corrected chi connectivity index (χ1v) is 9.55. The Labute approximate surface area is 167 Å². The average Bonchev–Trinajstić information content (AvgIpc) is 2.70. The van der Waals surface area contributed by atoms with Crippen LogP contribution in [0.1, 0.15) is 5.56 Å². The molecule has 0 radical (unpaired) electrons. The topological polar surface area (TPSA) is 50.4 Å². The first-order valence-electron chi connectivity index (χ1n) is 8.76. The van der Waals surface area contributed by atoms with Gasteiger partial charge >= 0.3 is 0 Å². The second-order valence-corrected chi connectivity index (χ2v) is 6.84. The molecule has 0 aliphatic rings. The molecule has 3 aromatic rings. The second kappa shape index (κ2) is 9.78. The third-order valence-corrected chi connectivity index (χ3v) is 4.65. The van der Waals surface area contributed by atoms with E-state index < -0.39 is 0 Å². The fourth-order valence-corrected chi connectivity index (χ4v) is 2.92. The zero-order valence-corrected chi connectivity index (χ0v) is 16.4. The van der Waals surface area contributed by atoms with Crippen LogP contribution >= 0.6 is 15.9 Å². The summed E-state index contributed by atoms with van der Waals surface area (Å²) in [6.07, 6.45) is 0.871. The van der Waals surface area contributed by atoms with Crippen LogP contribution < -0.4 is 15.4 Å². The molecule has 0 unspecified atom stereocenters. The fourth-order valence-electron chi connectivity index (χ4n) is 2.54. The lowest BCUT2D eigenvalue weighted by atomic mass is 10.2. The van der Waals surface area contributed by atoms with Crippen LogP contribution in [0, 0.1) is 0 Å². The first kappa shape index (κ1) is 19.0. The zero-order chi connectivity index (χ0) is 18.9. The number of amides is 1. The maximum Gasteiger partial charge on any atom is 0.243 e. The highest BCUT2D eigenvalue weighted by Crippen LogP contribution is 2.21. The minimum atomic E-state index is -0.106. The monoisotopic (exact) mass is 424 g/mol. The normalized spacial score (nSPS) is 10.3. The molecule has 0 aliphatic heterocycles. The summed E-state index contributed by atoms with van der Waals surface area (Å²) in [5, 5.41) is 5.97. The van der Waals surface area contributed by atoms with E-state index in [2.05, 4.69) is 38.7 Å². The standard InChI is InChI=1S/C22H21BrN2O2/c23-20-8-4-5-9-21(20)25-22(26)16-24-18-10-12-19(13-11-18)27-15-14-17-6-2-1-3-7-17/h1-13,24H,14-16H2,(H,25,26). The van der Waals surface area contributed by atoms with E-state index >= 15 is 0 Å². The number of carbonyl (C=O) groups is 1. The number of benzene rings is 3. The number of nitrogens with one attached hydrogen (secondary N) is 2. The van der Waals surface area contributed by atoms with Crippen molar-refractivity contribution < 1.29 is 9.53 Å². The maximum absolute atomic E-state index is 12.1. The van der Waals surface area contributed by atoms with E-state index in [9.17, 15) is 4.79 Å². The third-order valence-electron chi connectivity index (χ3n) is 3.96. The molecule has 138 valence electrons. The van der Waals surface area contributed by atoms with E-state index in [-0.39, 0.29) is 12.5 Å². The van der Waals surface area contributed by atoms with Crippen molar-refractivity contribution in [2.75, 3.05) is 23.8 Å². The molecular formula is C22H21BrN2O2. The Morgan fingerprint density at radius 1 is 0.889 bits per heavy atom. The lowest BCUT2D eigenvalue weighted by molar-refractivity contribution is -0.114. The summed E-state index contributed by atoms with van der Waals surface area (Å²) in [6.45, 7) is 0.820. The highest BCUT2D eigenvalue weighted by atomic mass is 79.9. The Kier molecular flexibility index (Phi) is 6.88. The maximum atomic E-state index is 12.1. The predicted molar refractivity (Wildman–Crippen MR) is 113 cm³/mol. The number of rotatable bonds is 8. The lowest BCUT2D eigenvalue weighted by Gasteiger charge is -2.10. The molecule has 0 spiro atoms. The summed E-state index contributed by atoms with van der Waals surface area (Å²) in [7, 11) is 0. The Bertz CT molecular complexity index is 867. The first-order chi connectivity index (χ1) is 13.2. The fraction of sp³-hybridized carbons (Fsp3) is 0.136. The van der Waals surface area contributed by atoms with Crippen molar-refractivity contribution >= 4 is 33.2 Å². The summed E-state index contributed by atoms with van der Waals surface area (Å²) in [6, 6.07) is 25.4. The molecule has 2 N–H and O–H groups in total. The van der Waals surface area contributed by atoms with Crippen molar-refractivity contribution in [2.24, 2.45) is 0 Å². The lowest BCUT2D eigenvalue weighted by Crippen LogP contribution is -2.21. The summed E-state index contributed by atoms with van der Waals surface area (Å²) in [4.78, 5) is 12.1. The van der Waals surface area contributed by atoms with Gasteiger partial charge in [0.15, 0.2) is 0 Å². The molecule has 0 saturated carbocycles. The van der Waals surface area contributed by atoms with Crippen molar-refractivity contribution in [2.45, 2.75) is 6.42 Å². The molecule has 0 atom stereocenters. The zero-order valence-electron chi connectivity index (χ0n) is 14.8. The van der Waals surface area contributed by atoms with Crippen LogP contribution in [0.15, 0.2) is 83.3 Å². The van der Waals surface area contributed by atoms with Gasteiger partial charge in [0.1, 0.15) is 5.75 Å². The van der Waals surface area contributed by atoms with Crippen molar-refractivity contribution in [1.29, 1.82) is 0 Å². The van der Waals surface area contributed by atoms with Crippen LogP contribution in [0.2, 0.25) is 0 Å². The van der Waals surface area contributed by atoms with Gasteiger partial charge in [0, 0.05) is 16.6 Å². The van der Waals surface area contributed by atoms with Crippen LogP contribution in [-0.4, -0.2) is 19.1 Å². The van der Waals surface area contributed by atoms with Gasteiger partial charge in [-0.15, -0.1) is 0 Å². The van der Waals surface area contributed by atoms with E-state index in [0.29, 0.717) is 6.61 Å². The number of para-hydroxylation sites is 1. The van der Waals surface area contributed by atoms with Gasteiger partial charge in [0.25, 0.3) is 0 Å². The van der Waals surface area contributed by atoms with E-state index in [0.717, 1.165) is 28.0 Å². The molecule has 0 aromatic heterocycles. The van der Waals surface area contributed by atoms with E-state index in [1.165, 1.54) is 5.56 Å². The SMILES string of the molecule is O=C(CNc1ccc(OCCc2ccccc2)cc1)Nc1ccccc1Br. The number of anilines is 2. The Morgan fingerprint density at radius 3 is 2.33 bits per heavy atom. The van der Waals surface area contributed by atoms with Gasteiger partial charge in [-0.3, -0.25) is 4.79 Å². The van der Waals surface area contributed by atoms with Gasteiger partial charge in [-0.2, -0.15) is 0 Å². The number of hydrogen-bond donors (Lipinski definition) is 2. The highest BCUT2D eigenvalue weighted by molar-refractivity contribution is 9.10. The Hall–Kier alpha value is -2.79. The molecule has 0 bridgehead atoms. The quantitative estimate of drug-likeness (QED) is 0.527. The Morgan fingerprint density at radius 2 is 1.59 bits per heavy atom. The van der Waals surface area contributed by atoms with Crippen LogP contribution in [-0.2, 0) is 11.2 Å². The molecular weight excluding hydrogens is 404 g/mol. The number of hydrogen-bond acceptors (Lipinski definition) is 3. The second-order valence-electron chi connectivity index (χ2n) is 5.99. The molecule has 0 aliphatic carbocycles. The van der Waals surface area contributed by atoms with Gasteiger partial charge in [0.2, 0.25) is 5.91 Å². The van der Waals surface area contributed by atoms with Crippen molar-refractivity contribution in [3.8, 4) is 5.75 Å². The van der Waals surface area contributed by atoms with E-state index in [4.69, 9.17) is 4.74 Å². The molecule has 0 fully saturated rings. The van der Waals surface area contributed by atoms with Crippen molar-refractivity contribution in [1.82, 2.24) is 0 Å². The van der Waals surface area contributed by atoms with Crippen LogP contribution in [0.5, 0.6) is 5.75 Å². The summed E-state index contributed by atoms with van der Waals surface area (Å²) in [5.41, 5.74) is 2.88. The largest absolute Gasteiger partial charge is 0.493 e. The number of halogens is 1. The molecule has 27 heavy (non-hydrogen) atoms. The van der Waals surface area contributed by atoms with E-state index in [1.807, 2.05) is 66.7 Å². The number of carbonyl (C=O) groups excluding carboxylic acids is 1. The summed E-state index contributed by atoms with van der Waals surface area (Å²) in [5.74, 6) is 0.708. The summed E-state index contributed by atoms with van der Waals surface area (Å²) < 4.78 is 6.63. The van der Waals surface area contributed by atoms with Crippen LogP contribution in [0.25, 0.3) is 0 Å². The molecule has 0 saturated heterocycles. The smallest absolute Gasteiger partial charge is 0.243 e. The van der Waals surface area contributed by atoms with Crippen molar-refractivity contribution in [3.63, 3.8) is 0 Å². The average molecular weight is 425 g/mol. The minimum absolute atomic E-state index is 0.106. The van der Waals surface area contributed by atoms with Crippen LogP contribution in [0.3, 0.4) is 0 Å². The number of ether oxygens (including phenoxy) is 1. The van der Waals surface area contributed by atoms with Crippen molar-refractivity contribution in [3.05, 3.63) is 88.9 Å². The molecule has 3 rings (SSSR count). The molecule has 3 aromatic carbocycles. The summed E-state index contributed by atoms with van der Waals surface area (Å²) >= 11 is 3.42. The third kappa shape index (κ3) is 6.15. The Balaban J connectivity index is 1.42. The molecule has 5 heteroatoms. The minimum Gasteiger partial charge on any atom is -0.493 e. The van der Waals surface area contributed by atoms with Gasteiger partial charge < -0.3 is 15.4 Å². The molecule has 4 nitrogen and oxygen atoms in total. The van der Waals surface area contributed by atoms with Gasteiger partial charge in [-0.25, -0.2) is 0 Å². The molecule has 0 heterocycles. The van der Waals surface area contributed by atoms with Gasteiger partial charge in [0.05, 0.1) is 18.8 Å². The van der Waals surface area contributed by atoms with Gasteiger partial charge in [-0.1, -0.05) is 42.5 Å².